The number of hydrogen-bond acceptors (Lipinski definition) is 5. The average molecular weight is 265 g/mol. The van der Waals surface area contributed by atoms with Crippen molar-refractivity contribution in [3.8, 4) is 0 Å². The molecule has 0 radical (unpaired) electrons. The summed E-state index contributed by atoms with van der Waals surface area (Å²) >= 11 is 0. The largest absolute Gasteiger partial charge is 0.363 e. The fourth-order valence-electron chi connectivity index (χ4n) is 2.36. The molecule has 19 heavy (non-hydrogen) atoms. The molecule has 0 amide bonds. The van der Waals surface area contributed by atoms with Crippen LogP contribution in [0.4, 0.5) is 0 Å². The summed E-state index contributed by atoms with van der Waals surface area (Å²) in [6.45, 7) is 1.55. The molecule has 0 N–H and O–H groups in total. The smallest absolute Gasteiger partial charge is 0.233 e. The van der Waals surface area contributed by atoms with Gasteiger partial charge in [0.25, 0.3) is 0 Å². The SMILES string of the molecule is Cc1ncc(C(C[N+](=O)[O-])OC2CCCCC2)cn1. The number of nitrogens with zero attached hydrogens (tertiary/aromatic N) is 3. The first-order valence-corrected chi connectivity index (χ1v) is 6.71. The van der Waals surface area contributed by atoms with E-state index in [1.54, 1.807) is 19.3 Å². The van der Waals surface area contributed by atoms with Crippen LogP contribution in [0.3, 0.4) is 0 Å². The highest BCUT2D eigenvalue weighted by Crippen LogP contribution is 2.26. The third-order valence-corrected chi connectivity index (χ3v) is 3.40. The van der Waals surface area contributed by atoms with E-state index in [-0.39, 0.29) is 17.6 Å². The highest BCUT2D eigenvalue weighted by atomic mass is 16.6. The van der Waals surface area contributed by atoms with Crippen molar-refractivity contribution in [1.29, 1.82) is 0 Å². The molecule has 6 nitrogen and oxygen atoms in total. The van der Waals surface area contributed by atoms with E-state index in [1.807, 2.05) is 0 Å². The number of rotatable bonds is 5. The second-order valence-corrected chi connectivity index (χ2v) is 4.96. The maximum absolute atomic E-state index is 10.8. The second-order valence-electron chi connectivity index (χ2n) is 4.96. The zero-order chi connectivity index (χ0) is 13.7. The van der Waals surface area contributed by atoms with Crippen molar-refractivity contribution in [2.45, 2.75) is 51.2 Å². The van der Waals surface area contributed by atoms with Gasteiger partial charge in [-0.3, -0.25) is 10.1 Å². The average Bonchev–Trinajstić information content (AvgIpc) is 2.39. The first-order chi connectivity index (χ1) is 9.15. The maximum atomic E-state index is 10.8. The molecule has 1 saturated carbocycles. The fourth-order valence-corrected chi connectivity index (χ4v) is 2.36. The van der Waals surface area contributed by atoms with E-state index in [4.69, 9.17) is 4.74 Å². The summed E-state index contributed by atoms with van der Waals surface area (Å²) in [6, 6.07) is 0. The van der Waals surface area contributed by atoms with Crippen LogP contribution in [0.15, 0.2) is 12.4 Å². The minimum atomic E-state index is -0.543. The first kappa shape index (κ1) is 13.9. The van der Waals surface area contributed by atoms with E-state index in [9.17, 15) is 10.1 Å². The van der Waals surface area contributed by atoms with Crippen LogP contribution in [0.25, 0.3) is 0 Å². The highest BCUT2D eigenvalue weighted by Gasteiger charge is 2.25. The van der Waals surface area contributed by atoms with Gasteiger partial charge in [-0.25, -0.2) is 9.97 Å². The van der Waals surface area contributed by atoms with Gasteiger partial charge in [0, 0.05) is 22.9 Å². The molecule has 1 fully saturated rings. The Morgan fingerprint density at radius 3 is 2.58 bits per heavy atom. The Balaban J connectivity index is 2.06. The van der Waals surface area contributed by atoms with Crippen molar-refractivity contribution in [3.63, 3.8) is 0 Å². The van der Waals surface area contributed by atoms with Gasteiger partial charge in [-0.1, -0.05) is 19.3 Å². The summed E-state index contributed by atoms with van der Waals surface area (Å²) in [7, 11) is 0. The molecule has 1 aliphatic carbocycles. The molecule has 104 valence electrons. The molecular formula is C13H19N3O3. The van der Waals surface area contributed by atoms with Gasteiger partial charge in [0.2, 0.25) is 6.54 Å². The lowest BCUT2D eigenvalue weighted by Gasteiger charge is -2.25. The molecule has 6 heteroatoms. The Labute approximate surface area is 112 Å². The van der Waals surface area contributed by atoms with Gasteiger partial charge in [0.15, 0.2) is 6.10 Å². The Kier molecular flexibility index (Phi) is 4.79. The number of hydrogen-bond donors (Lipinski definition) is 0. The number of nitro groups is 1. The topological polar surface area (TPSA) is 78.2 Å². The van der Waals surface area contributed by atoms with Crippen LogP contribution in [0.5, 0.6) is 0 Å². The molecule has 2 rings (SSSR count). The van der Waals surface area contributed by atoms with E-state index in [0.717, 1.165) is 25.7 Å². The molecule has 1 aliphatic rings. The van der Waals surface area contributed by atoms with E-state index in [1.165, 1.54) is 6.42 Å². The number of aromatic nitrogens is 2. The van der Waals surface area contributed by atoms with Crippen molar-refractivity contribution in [3.05, 3.63) is 33.9 Å². The second kappa shape index (κ2) is 6.56. The summed E-state index contributed by atoms with van der Waals surface area (Å²) in [4.78, 5) is 18.6. The predicted octanol–water partition coefficient (Wildman–Crippen LogP) is 2.45. The number of aryl methyl sites for hydroxylation is 1. The third kappa shape index (κ3) is 4.24. The molecule has 1 aromatic heterocycles. The van der Waals surface area contributed by atoms with Crippen LogP contribution >= 0.6 is 0 Å². The van der Waals surface area contributed by atoms with Gasteiger partial charge in [-0.15, -0.1) is 0 Å². The molecule has 1 unspecified atom stereocenters. The van der Waals surface area contributed by atoms with Crippen LogP contribution in [-0.4, -0.2) is 27.5 Å². The zero-order valence-electron chi connectivity index (χ0n) is 11.1. The lowest BCUT2D eigenvalue weighted by Crippen LogP contribution is -2.24. The van der Waals surface area contributed by atoms with Crippen LogP contribution < -0.4 is 0 Å². The summed E-state index contributed by atoms with van der Waals surface area (Å²) in [5.74, 6) is 0.654. The molecule has 0 saturated heterocycles. The molecule has 0 aliphatic heterocycles. The third-order valence-electron chi connectivity index (χ3n) is 3.40. The van der Waals surface area contributed by atoms with Crippen molar-refractivity contribution in [1.82, 2.24) is 9.97 Å². The first-order valence-electron chi connectivity index (χ1n) is 6.71. The summed E-state index contributed by atoms with van der Waals surface area (Å²) in [6.07, 6.45) is 8.31. The Bertz CT molecular complexity index is 416. The van der Waals surface area contributed by atoms with Gasteiger partial charge in [-0.05, 0) is 19.8 Å². The van der Waals surface area contributed by atoms with Crippen LogP contribution in [-0.2, 0) is 4.74 Å². The minimum Gasteiger partial charge on any atom is -0.363 e. The monoisotopic (exact) mass is 265 g/mol. The fraction of sp³-hybridized carbons (Fsp3) is 0.692. The normalized spacial score (nSPS) is 18.2. The van der Waals surface area contributed by atoms with E-state index in [0.29, 0.717) is 11.4 Å². The van der Waals surface area contributed by atoms with Crippen molar-refractivity contribution >= 4 is 0 Å². The highest BCUT2D eigenvalue weighted by molar-refractivity contribution is 5.09. The molecule has 1 heterocycles. The zero-order valence-corrected chi connectivity index (χ0v) is 11.1. The van der Waals surface area contributed by atoms with E-state index >= 15 is 0 Å². The van der Waals surface area contributed by atoms with Gasteiger partial charge < -0.3 is 4.74 Å². The van der Waals surface area contributed by atoms with Gasteiger partial charge >= 0.3 is 0 Å². The van der Waals surface area contributed by atoms with Crippen LogP contribution in [0.1, 0.15) is 49.6 Å². The van der Waals surface area contributed by atoms with E-state index in [2.05, 4.69) is 9.97 Å². The molecule has 1 aromatic rings. The Morgan fingerprint density at radius 2 is 2.00 bits per heavy atom. The predicted molar refractivity (Wildman–Crippen MR) is 69.3 cm³/mol. The maximum Gasteiger partial charge on any atom is 0.233 e. The van der Waals surface area contributed by atoms with Gasteiger partial charge in [0.05, 0.1) is 6.10 Å². The van der Waals surface area contributed by atoms with Gasteiger partial charge in [0.1, 0.15) is 5.82 Å². The van der Waals surface area contributed by atoms with E-state index < -0.39 is 6.10 Å². The van der Waals surface area contributed by atoms with Gasteiger partial charge in [-0.2, -0.15) is 0 Å². The van der Waals surface area contributed by atoms with Crippen LogP contribution in [0, 0.1) is 17.0 Å². The summed E-state index contributed by atoms with van der Waals surface area (Å²) < 4.78 is 5.91. The summed E-state index contributed by atoms with van der Waals surface area (Å²) in [5, 5.41) is 10.8. The Morgan fingerprint density at radius 1 is 1.37 bits per heavy atom. The Hall–Kier alpha value is -1.56. The molecule has 0 spiro atoms. The molecule has 0 bridgehead atoms. The number of ether oxygens (including phenoxy) is 1. The molecular weight excluding hydrogens is 246 g/mol. The summed E-state index contributed by atoms with van der Waals surface area (Å²) in [5.41, 5.74) is 0.688. The molecule has 1 atom stereocenters. The van der Waals surface area contributed by atoms with Crippen molar-refractivity contribution < 1.29 is 9.66 Å². The standard InChI is InChI=1S/C13H19N3O3/c1-10-14-7-11(8-15-10)13(9-16(17)18)19-12-5-3-2-4-6-12/h7-8,12-13H,2-6,9H2,1H3. The lowest BCUT2D eigenvalue weighted by atomic mass is 9.97. The molecule has 0 aromatic carbocycles. The van der Waals surface area contributed by atoms with Crippen molar-refractivity contribution in [2.24, 2.45) is 0 Å². The lowest BCUT2D eigenvalue weighted by molar-refractivity contribution is -0.494. The quantitative estimate of drug-likeness (QED) is 0.603. The van der Waals surface area contributed by atoms with Crippen molar-refractivity contribution in [2.75, 3.05) is 6.54 Å². The minimum absolute atomic E-state index is 0.125. The van der Waals surface area contributed by atoms with Crippen LogP contribution in [0.2, 0.25) is 0 Å².